The van der Waals surface area contributed by atoms with Gasteiger partial charge in [-0.2, -0.15) is 0 Å². The Morgan fingerprint density at radius 2 is 2.22 bits per heavy atom. The average molecular weight is 248 g/mol. The van der Waals surface area contributed by atoms with E-state index < -0.39 is 4.92 Å². The van der Waals surface area contributed by atoms with E-state index in [0.717, 1.165) is 5.57 Å². The Hall–Kier alpha value is -1.75. The molecule has 0 bridgehead atoms. The summed E-state index contributed by atoms with van der Waals surface area (Å²) >= 11 is 0. The highest BCUT2D eigenvalue weighted by atomic mass is 16.6. The number of nitro groups is 1. The smallest absolute Gasteiger partial charge is 0.294 e. The molecule has 2 rings (SSSR count). The lowest BCUT2D eigenvalue weighted by molar-refractivity contribution is -0.385. The van der Waals surface area contributed by atoms with Crippen molar-refractivity contribution in [2.75, 3.05) is 0 Å². The number of aliphatic hydroxyl groups excluding tert-OH is 1. The van der Waals surface area contributed by atoms with Crippen LogP contribution in [0.25, 0.3) is 5.57 Å². The van der Waals surface area contributed by atoms with E-state index in [0.29, 0.717) is 12.0 Å². The number of allylic oxidation sites excluding steroid dienone is 1. The number of rotatable bonds is 2. The number of hydrogen-bond acceptors (Lipinski definition) is 4. The molecule has 0 aromatic carbocycles. The number of hydrogen-bond donors (Lipinski definition) is 1. The lowest BCUT2D eigenvalue weighted by atomic mass is 9.79. The fraction of sp³-hybridized carbons (Fsp3) is 0.462. The van der Waals surface area contributed by atoms with Gasteiger partial charge in [0.2, 0.25) is 0 Å². The molecule has 1 aliphatic carbocycles. The minimum absolute atomic E-state index is 0.0107. The second-order valence-electron chi connectivity index (χ2n) is 4.87. The summed E-state index contributed by atoms with van der Waals surface area (Å²) in [5.74, 6) is 0.115. The largest absolute Gasteiger partial charge is 0.392 e. The van der Waals surface area contributed by atoms with Crippen LogP contribution in [-0.2, 0) is 0 Å². The van der Waals surface area contributed by atoms with E-state index in [1.54, 1.807) is 12.3 Å². The molecule has 0 amide bonds. The Balaban J connectivity index is 2.44. The predicted molar refractivity (Wildman–Crippen MR) is 67.8 cm³/mol. The van der Waals surface area contributed by atoms with Gasteiger partial charge >= 0.3 is 0 Å². The first-order chi connectivity index (χ1) is 8.50. The van der Waals surface area contributed by atoms with Crippen LogP contribution in [-0.4, -0.2) is 21.1 Å². The molecule has 18 heavy (non-hydrogen) atoms. The van der Waals surface area contributed by atoms with Crippen LogP contribution in [0.5, 0.6) is 0 Å². The van der Waals surface area contributed by atoms with Gasteiger partial charge in [-0.3, -0.25) is 15.1 Å². The molecule has 1 N–H and O–H groups in total. The molecule has 1 aromatic heterocycles. The van der Waals surface area contributed by atoms with E-state index in [9.17, 15) is 15.2 Å². The first kappa shape index (κ1) is 12.7. The summed E-state index contributed by atoms with van der Waals surface area (Å²) in [6, 6.07) is 1.67. The molecule has 0 fully saturated rings. The molecule has 96 valence electrons. The van der Waals surface area contributed by atoms with Crippen LogP contribution >= 0.6 is 0 Å². The maximum absolute atomic E-state index is 11.0. The molecule has 0 saturated heterocycles. The topological polar surface area (TPSA) is 76.3 Å². The first-order valence-corrected chi connectivity index (χ1v) is 5.98. The fourth-order valence-electron chi connectivity index (χ4n) is 2.47. The Morgan fingerprint density at radius 1 is 1.50 bits per heavy atom. The van der Waals surface area contributed by atoms with Crippen LogP contribution in [0, 0.1) is 22.0 Å². The normalized spacial score (nSPS) is 27.7. The summed E-state index contributed by atoms with van der Waals surface area (Å²) in [6.07, 6.45) is 5.03. The van der Waals surface area contributed by atoms with Crippen LogP contribution < -0.4 is 0 Å². The minimum atomic E-state index is -0.413. The molecular formula is C13H16N2O3. The molecule has 3 atom stereocenters. The first-order valence-electron chi connectivity index (χ1n) is 5.98. The van der Waals surface area contributed by atoms with E-state index >= 15 is 0 Å². The van der Waals surface area contributed by atoms with Gasteiger partial charge in [0, 0.05) is 12.1 Å². The van der Waals surface area contributed by atoms with E-state index in [2.05, 4.69) is 4.98 Å². The Morgan fingerprint density at radius 3 is 2.83 bits per heavy atom. The highest BCUT2D eigenvalue weighted by Crippen LogP contribution is 2.36. The SMILES string of the molecule is C[C@@H]1C=C(c2ccncc2[N+](=O)[O-])C[C@H](C)[C@@H]1O. The summed E-state index contributed by atoms with van der Waals surface area (Å²) in [4.78, 5) is 14.4. The Bertz CT molecular complexity index is 499. The van der Waals surface area contributed by atoms with Gasteiger partial charge in [0.25, 0.3) is 5.69 Å². The third-order valence-corrected chi connectivity index (χ3v) is 3.47. The van der Waals surface area contributed by atoms with Crippen LogP contribution in [0.3, 0.4) is 0 Å². The van der Waals surface area contributed by atoms with Gasteiger partial charge < -0.3 is 5.11 Å². The third kappa shape index (κ3) is 2.26. The second kappa shape index (κ2) is 4.86. The summed E-state index contributed by atoms with van der Waals surface area (Å²) < 4.78 is 0. The van der Waals surface area contributed by atoms with E-state index in [1.807, 2.05) is 19.9 Å². The van der Waals surface area contributed by atoms with Crippen molar-refractivity contribution < 1.29 is 10.0 Å². The highest BCUT2D eigenvalue weighted by molar-refractivity contribution is 5.73. The summed E-state index contributed by atoms with van der Waals surface area (Å²) in [5, 5.41) is 20.9. The van der Waals surface area contributed by atoms with Crippen molar-refractivity contribution in [2.24, 2.45) is 11.8 Å². The number of pyridine rings is 1. The van der Waals surface area contributed by atoms with Gasteiger partial charge in [-0.05, 0) is 24.0 Å². The van der Waals surface area contributed by atoms with Crippen LogP contribution in [0.2, 0.25) is 0 Å². The van der Waals surface area contributed by atoms with Crippen molar-refractivity contribution in [1.29, 1.82) is 0 Å². The number of aromatic nitrogens is 1. The van der Waals surface area contributed by atoms with E-state index in [1.165, 1.54) is 6.20 Å². The third-order valence-electron chi connectivity index (χ3n) is 3.47. The second-order valence-corrected chi connectivity index (χ2v) is 4.87. The summed E-state index contributed by atoms with van der Waals surface area (Å²) in [7, 11) is 0. The van der Waals surface area contributed by atoms with Gasteiger partial charge in [-0.25, -0.2) is 0 Å². The Labute approximate surface area is 105 Å². The predicted octanol–water partition coefficient (Wildman–Crippen LogP) is 2.41. The zero-order chi connectivity index (χ0) is 13.3. The standard InChI is InChI=1S/C13H16N2O3/c1-8-5-10(6-9(2)13(8)16)11-3-4-14-7-12(11)15(17)18/h3-5,7-9,13,16H,6H2,1-2H3/t8-,9+,13-/m1/s1. The van der Waals surface area contributed by atoms with Crippen molar-refractivity contribution in [3.05, 3.63) is 40.2 Å². The quantitative estimate of drug-likeness (QED) is 0.644. The zero-order valence-electron chi connectivity index (χ0n) is 10.4. The molecule has 0 aliphatic heterocycles. The van der Waals surface area contributed by atoms with Gasteiger partial charge in [0.05, 0.1) is 16.6 Å². The van der Waals surface area contributed by atoms with Crippen LogP contribution in [0.4, 0.5) is 5.69 Å². The average Bonchev–Trinajstić information content (AvgIpc) is 2.35. The summed E-state index contributed by atoms with van der Waals surface area (Å²) in [6.45, 7) is 3.88. The van der Waals surface area contributed by atoms with Crippen molar-refractivity contribution >= 4 is 11.3 Å². The molecule has 0 unspecified atom stereocenters. The monoisotopic (exact) mass is 248 g/mol. The van der Waals surface area contributed by atoms with E-state index in [4.69, 9.17) is 0 Å². The molecule has 0 spiro atoms. The minimum Gasteiger partial charge on any atom is -0.392 e. The Kier molecular flexibility index (Phi) is 3.43. The van der Waals surface area contributed by atoms with Gasteiger partial charge in [-0.15, -0.1) is 0 Å². The van der Waals surface area contributed by atoms with Crippen molar-refractivity contribution in [3.8, 4) is 0 Å². The van der Waals surface area contributed by atoms with Crippen molar-refractivity contribution in [1.82, 2.24) is 4.98 Å². The molecule has 1 aromatic rings. The molecule has 0 saturated carbocycles. The van der Waals surface area contributed by atoms with Gasteiger partial charge in [-0.1, -0.05) is 19.9 Å². The van der Waals surface area contributed by atoms with Crippen LogP contribution in [0.15, 0.2) is 24.5 Å². The van der Waals surface area contributed by atoms with E-state index in [-0.39, 0.29) is 23.6 Å². The molecular weight excluding hydrogens is 232 g/mol. The number of aliphatic hydroxyl groups is 1. The van der Waals surface area contributed by atoms with Gasteiger partial charge in [0.1, 0.15) is 6.20 Å². The highest BCUT2D eigenvalue weighted by Gasteiger charge is 2.29. The fourth-order valence-corrected chi connectivity index (χ4v) is 2.47. The lowest BCUT2D eigenvalue weighted by Gasteiger charge is -2.29. The summed E-state index contributed by atoms with van der Waals surface area (Å²) in [5.41, 5.74) is 1.56. The maximum Gasteiger partial charge on any atom is 0.294 e. The van der Waals surface area contributed by atoms with Gasteiger partial charge in [0.15, 0.2) is 0 Å². The lowest BCUT2D eigenvalue weighted by Crippen LogP contribution is -2.28. The maximum atomic E-state index is 11.0. The van der Waals surface area contributed by atoms with Crippen molar-refractivity contribution in [3.63, 3.8) is 0 Å². The number of nitrogens with zero attached hydrogens (tertiary/aromatic N) is 2. The molecule has 5 heteroatoms. The molecule has 5 nitrogen and oxygen atoms in total. The molecule has 1 heterocycles. The van der Waals surface area contributed by atoms with Crippen molar-refractivity contribution in [2.45, 2.75) is 26.4 Å². The molecule has 0 radical (unpaired) electrons. The zero-order valence-corrected chi connectivity index (χ0v) is 10.4. The molecule has 1 aliphatic rings. The van der Waals surface area contributed by atoms with Crippen LogP contribution in [0.1, 0.15) is 25.8 Å².